The number of carbonyl (C=O) groups excluding carboxylic acids is 2. The highest BCUT2D eigenvalue weighted by Crippen LogP contribution is 2.01. The Morgan fingerprint density at radius 2 is 1.89 bits per heavy atom. The van der Waals surface area contributed by atoms with Gasteiger partial charge in [-0.05, 0) is 13.3 Å². The zero-order chi connectivity index (χ0) is 13.6. The maximum absolute atomic E-state index is 11.4. The summed E-state index contributed by atoms with van der Waals surface area (Å²) in [6.45, 7) is 5.44. The Hall–Kier alpha value is -0.940. The second kappa shape index (κ2) is 12.5. The molecule has 0 amide bonds. The first-order valence-corrected chi connectivity index (χ1v) is 6.57. The molecule has 0 aliphatic rings. The minimum Gasteiger partial charge on any atom is -0.461 e. The lowest BCUT2D eigenvalue weighted by atomic mass is 10.2. The van der Waals surface area contributed by atoms with E-state index in [2.05, 4.69) is 6.92 Å². The summed E-state index contributed by atoms with van der Waals surface area (Å²) in [5.74, 6) is -0.639. The van der Waals surface area contributed by atoms with Crippen LogP contribution in [0.5, 0.6) is 0 Å². The monoisotopic (exact) mass is 260 g/mol. The van der Waals surface area contributed by atoms with E-state index in [0.29, 0.717) is 26.1 Å². The maximum atomic E-state index is 11.4. The molecular formula is C13H24O5. The van der Waals surface area contributed by atoms with Gasteiger partial charge in [0.15, 0.2) is 6.29 Å². The van der Waals surface area contributed by atoms with Crippen LogP contribution >= 0.6 is 0 Å². The maximum Gasteiger partial charge on any atom is 0.342 e. The fourth-order valence-electron chi connectivity index (χ4n) is 1.33. The van der Waals surface area contributed by atoms with Crippen molar-refractivity contribution in [2.45, 2.75) is 45.6 Å². The quantitative estimate of drug-likeness (QED) is 0.231. The Balaban J connectivity index is 3.65. The van der Waals surface area contributed by atoms with Gasteiger partial charge in [-0.1, -0.05) is 26.2 Å². The molecule has 18 heavy (non-hydrogen) atoms. The molecule has 0 bridgehead atoms. The predicted octanol–water partition coefficient (Wildman–Crippen LogP) is 1.73. The molecule has 5 nitrogen and oxygen atoms in total. The van der Waals surface area contributed by atoms with E-state index in [1.807, 2.05) is 6.92 Å². The van der Waals surface area contributed by atoms with E-state index >= 15 is 0 Å². The summed E-state index contributed by atoms with van der Waals surface area (Å²) >= 11 is 0. The molecule has 0 rings (SSSR count). The van der Waals surface area contributed by atoms with E-state index in [4.69, 9.17) is 14.2 Å². The molecule has 0 spiro atoms. The largest absolute Gasteiger partial charge is 0.461 e. The molecule has 1 atom stereocenters. The van der Waals surface area contributed by atoms with Gasteiger partial charge in [-0.3, -0.25) is 4.79 Å². The van der Waals surface area contributed by atoms with Crippen molar-refractivity contribution in [1.29, 1.82) is 0 Å². The summed E-state index contributed by atoms with van der Waals surface area (Å²) in [5.41, 5.74) is 0. The first-order valence-electron chi connectivity index (χ1n) is 6.57. The fraction of sp³-hybridized carbons (Fsp3) is 0.846. The predicted molar refractivity (Wildman–Crippen MR) is 67.4 cm³/mol. The van der Waals surface area contributed by atoms with Crippen LogP contribution in [0.15, 0.2) is 0 Å². The molecule has 0 saturated carbocycles. The number of hydrogen-bond acceptors (Lipinski definition) is 5. The summed E-state index contributed by atoms with van der Waals surface area (Å²) in [6, 6.07) is 0. The summed E-state index contributed by atoms with van der Waals surface area (Å²) in [6.07, 6.45) is 3.53. The van der Waals surface area contributed by atoms with Crippen molar-refractivity contribution in [3.63, 3.8) is 0 Å². The SMILES string of the molecule is CCCCCCOC(C=O)C(=O)OCCOCC. The number of esters is 1. The van der Waals surface area contributed by atoms with Crippen LogP contribution in [-0.4, -0.2) is 44.8 Å². The average molecular weight is 260 g/mol. The Morgan fingerprint density at radius 3 is 2.50 bits per heavy atom. The molecule has 0 aliphatic heterocycles. The lowest BCUT2D eigenvalue weighted by molar-refractivity contribution is -0.159. The molecule has 0 radical (unpaired) electrons. The highest BCUT2D eigenvalue weighted by Gasteiger charge is 2.19. The summed E-state index contributed by atoms with van der Waals surface area (Å²) in [5, 5.41) is 0. The number of carbonyl (C=O) groups is 2. The zero-order valence-corrected chi connectivity index (χ0v) is 11.4. The third kappa shape index (κ3) is 9.13. The Morgan fingerprint density at radius 1 is 1.11 bits per heavy atom. The fourth-order valence-corrected chi connectivity index (χ4v) is 1.33. The lowest BCUT2D eigenvalue weighted by Gasteiger charge is -2.11. The number of ether oxygens (including phenoxy) is 3. The second-order valence-corrected chi connectivity index (χ2v) is 3.85. The van der Waals surface area contributed by atoms with Crippen LogP contribution in [0.25, 0.3) is 0 Å². The van der Waals surface area contributed by atoms with Crippen LogP contribution in [0, 0.1) is 0 Å². The van der Waals surface area contributed by atoms with Crippen LogP contribution in [-0.2, 0) is 23.8 Å². The van der Waals surface area contributed by atoms with Gasteiger partial charge < -0.3 is 14.2 Å². The van der Waals surface area contributed by atoms with Gasteiger partial charge in [-0.2, -0.15) is 0 Å². The van der Waals surface area contributed by atoms with Crippen LogP contribution < -0.4 is 0 Å². The standard InChI is InChI=1S/C13H24O5/c1-3-5-6-7-8-17-12(11-14)13(15)18-10-9-16-4-2/h11-12H,3-10H2,1-2H3. The van der Waals surface area contributed by atoms with E-state index in [1.54, 1.807) is 0 Å². The molecule has 0 saturated heterocycles. The number of rotatable bonds is 12. The van der Waals surface area contributed by atoms with Crippen LogP contribution in [0.3, 0.4) is 0 Å². The molecule has 0 N–H and O–H groups in total. The molecule has 0 fully saturated rings. The molecule has 0 aromatic rings. The normalized spacial score (nSPS) is 12.1. The van der Waals surface area contributed by atoms with E-state index < -0.39 is 12.1 Å². The number of hydrogen-bond donors (Lipinski definition) is 0. The van der Waals surface area contributed by atoms with Crippen molar-refractivity contribution in [2.75, 3.05) is 26.4 Å². The Kier molecular flexibility index (Phi) is 11.9. The smallest absolute Gasteiger partial charge is 0.342 e. The molecule has 0 aromatic heterocycles. The van der Waals surface area contributed by atoms with Gasteiger partial charge in [-0.15, -0.1) is 0 Å². The third-order valence-electron chi connectivity index (χ3n) is 2.33. The van der Waals surface area contributed by atoms with Gasteiger partial charge in [0, 0.05) is 13.2 Å². The van der Waals surface area contributed by atoms with E-state index in [0.717, 1.165) is 25.7 Å². The van der Waals surface area contributed by atoms with Gasteiger partial charge in [0.05, 0.1) is 6.61 Å². The van der Waals surface area contributed by atoms with Crippen molar-refractivity contribution in [3.8, 4) is 0 Å². The molecular weight excluding hydrogens is 236 g/mol. The lowest BCUT2D eigenvalue weighted by Crippen LogP contribution is -2.29. The van der Waals surface area contributed by atoms with Gasteiger partial charge in [0.25, 0.3) is 0 Å². The summed E-state index contributed by atoms with van der Waals surface area (Å²) < 4.78 is 15.0. The van der Waals surface area contributed by atoms with Crippen LogP contribution in [0.4, 0.5) is 0 Å². The zero-order valence-electron chi connectivity index (χ0n) is 11.4. The van der Waals surface area contributed by atoms with E-state index in [1.165, 1.54) is 0 Å². The van der Waals surface area contributed by atoms with Crippen molar-refractivity contribution in [3.05, 3.63) is 0 Å². The Labute approximate surface area is 109 Å². The highest BCUT2D eigenvalue weighted by molar-refractivity contribution is 5.90. The number of aldehydes is 1. The van der Waals surface area contributed by atoms with Crippen molar-refractivity contribution < 1.29 is 23.8 Å². The van der Waals surface area contributed by atoms with Crippen molar-refractivity contribution >= 4 is 12.3 Å². The molecule has 0 aromatic carbocycles. The van der Waals surface area contributed by atoms with E-state index in [9.17, 15) is 9.59 Å². The summed E-state index contributed by atoms with van der Waals surface area (Å²) in [7, 11) is 0. The minimum atomic E-state index is -1.10. The van der Waals surface area contributed by atoms with Crippen LogP contribution in [0.1, 0.15) is 39.5 Å². The minimum absolute atomic E-state index is 0.149. The second-order valence-electron chi connectivity index (χ2n) is 3.85. The first-order chi connectivity index (χ1) is 8.76. The molecule has 0 heterocycles. The average Bonchev–Trinajstić information content (AvgIpc) is 2.39. The Bertz CT molecular complexity index is 217. The third-order valence-corrected chi connectivity index (χ3v) is 2.33. The van der Waals surface area contributed by atoms with Gasteiger partial charge >= 0.3 is 5.97 Å². The molecule has 5 heteroatoms. The van der Waals surface area contributed by atoms with Crippen molar-refractivity contribution in [2.24, 2.45) is 0 Å². The molecule has 0 aliphatic carbocycles. The topological polar surface area (TPSA) is 61.8 Å². The first kappa shape index (κ1) is 17.1. The van der Waals surface area contributed by atoms with Gasteiger partial charge in [0.2, 0.25) is 6.10 Å². The molecule has 1 unspecified atom stereocenters. The van der Waals surface area contributed by atoms with Gasteiger partial charge in [-0.25, -0.2) is 4.79 Å². The van der Waals surface area contributed by atoms with Crippen LogP contribution in [0.2, 0.25) is 0 Å². The number of unbranched alkanes of at least 4 members (excludes halogenated alkanes) is 3. The highest BCUT2D eigenvalue weighted by atomic mass is 16.6. The van der Waals surface area contributed by atoms with Crippen molar-refractivity contribution in [1.82, 2.24) is 0 Å². The van der Waals surface area contributed by atoms with E-state index in [-0.39, 0.29) is 6.61 Å². The van der Waals surface area contributed by atoms with Gasteiger partial charge in [0.1, 0.15) is 6.61 Å². The molecule has 106 valence electrons. The summed E-state index contributed by atoms with van der Waals surface area (Å²) in [4.78, 5) is 22.1.